The lowest BCUT2D eigenvalue weighted by molar-refractivity contribution is 0.0148. The van der Waals surface area contributed by atoms with Gasteiger partial charge in [0.05, 0.1) is 0 Å². The topological polar surface area (TPSA) is 15.3 Å². The lowest BCUT2D eigenvalue weighted by Crippen LogP contribution is -2.63. The molecule has 0 bridgehead atoms. The summed E-state index contributed by atoms with van der Waals surface area (Å²) in [4.78, 5) is 2.91. The number of hydrogen-bond acceptors (Lipinski definition) is 2. The standard InChI is InChI=1S/C19H38N2/c1-6-16-13-20-18(19(3,4)5)14-21(16)17(7-2)15-11-9-8-10-12-15/h15-18,20H,6-14H2,1-5H3. The number of hydrogen-bond donors (Lipinski definition) is 1. The third-order valence-corrected chi connectivity index (χ3v) is 6.02. The van der Waals surface area contributed by atoms with Crippen LogP contribution in [0.4, 0.5) is 0 Å². The van der Waals surface area contributed by atoms with Gasteiger partial charge in [-0.2, -0.15) is 0 Å². The average molecular weight is 295 g/mol. The Labute approximate surface area is 133 Å². The van der Waals surface area contributed by atoms with Crippen molar-refractivity contribution in [2.45, 2.75) is 97.7 Å². The second kappa shape index (κ2) is 7.46. The lowest BCUT2D eigenvalue weighted by Gasteiger charge is -2.50. The van der Waals surface area contributed by atoms with E-state index in [1.54, 1.807) is 0 Å². The van der Waals surface area contributed by atoms with Crippen molar-refractivity contribution in [1.82, 2.24) is 10.2 Å². The minimum Gasteiger partial charge on any atom is -0.311 e. The Bertz CT molecular complexity index is 301. The van der Waals surface area contributed by atoms with E-state index >= 15 is 0 Å². The summed E-state index contributed by atoms with van der Waals surface area (Å²) in [5.41, 5.74) is 0.363. The van der Waals surface area contributed by atoms with Gasteiger partial charge in [0.1, 0.15) is 0 Å². The summed E-state index contributed by atoms with van der Waals surface area (Å²) in [5.74, 6) is 0.955. The predicted octanol–water partition coefficient (Wildman–Crippen LogP) is 4.44. The first-order valence-corrected chi connectivity index (χ1v) is 9.46. The molecule has 1 saturated carbocycles. The smallest absolute Gasteiger partial charge is 0.0244 e. The van der Waals surface area contributed by atoms with Crippen LogP contribution in [0, 0.1) is 11.3 Å². The van der Waals surface area contributed by atoms with Gasteiger partial charge in [0.15, 0.2) is 0 Å². The van der Waals surface area contributed by atoms with Crippen molar-refractivity contribution in [3.8, 4) is 0 Å². The van der Waals surface area contributed by atoms with Crippen LogP contribution in [-0.4, -0.2) is 36.1 Å². The fraction of sp³-hybridized carbons (Fsp3) is 1.00. The van der Waals surface area contributed by atoms with Gasteiger partial charge < -0.3 is 5.32 Å². The SMILES string of the molecule is CCC1CNC(C(C)(C)C)CN1C(CC)C1CCCCC1. The Morgan fingerprint density at radius 1 is 1.10 bits per heavy atom. The van der Waals surface area contributed by atoms with E-state index in [0.717, 1.165) is 18.0 Å². The molecule has 0 aromatic heterocycles. The molecule has 1 N–H and O–H groups in total. The van der Waals surface area contributed by atoms with E-state index < -0.39 is 0 Å². The third-order valence-electron chi connectivity index (χ3n) is 6.02. The van der Waals surface area contributed by atoms with Crippen molar-refractivity contribution in [1.29, 1.82) is 0 Å². The van der Waals surface area contributed by atoms with Crippen molar-refractivity contribution >= 4 is 0 Å². The summed E-state index contributed by atoms with van der Waals surface area (Å²) in [6.07, 6.45) is 9.96. The normalized spacial score (nSPS) is 31.3. The van der Waals surface area contributed by atoms with E-state index in [-0.39, 0.29) is 0 Å². The van der Waals surface area contributed by atoms with Crippen LogP contribution in [0.25, 0.3) is 0 Å². The van der Waals surface area contributed by atoms with E-state index in [2.05, 4.69) is 44.8 Å². The summed E-state index contributed by atoms with van der Waals surface area (Å²) >= 11 is 0. The molecule has 0 aromatic carbocycles. The number of rotatable bonds is 4. The molecule has 2 heteroatoms. The first kappa shape index (κ1) is 17.3. The Hall–Kier alpha value is -0.0800. The van der Waals surface area contributed by atoms with Crippen LogP contribution in [0.5, 0.6) is 0 Å². The van der Waals surface area contributed by atoms with Crippen LogP contribution in [0.3, 0.4) is 0 Å². The molecule has 3 unspecified atom stereocenters. The Balaban J connectivity index is 2.10. The number of nitrogens with one attached hydrogen (secondary N) is 1. The molecule has 0 amide bonds. The molecule has 124 valence electrons. The van der Waals surface area contributed by atoms with Crippen LogP contribution in [0.1, 0.15) is 79.6 Å². The van der Waals surface area contributed by atoms with E-state index in [1.807, 2.05) is 0 Å². The van der Waals surface area contributed by atoms with Crippen molar-refractivity contribution < 1.29 is 0 Å². The Kier molecular flexibility index (Phi) is 6.14. The second-order valence-electron chi connectivity index (χ2n) is 8.46. The van der Waals surface area contributed by atoms with E-state index in [9.17, 15) is 0 Å². The van der Waals surface area contributed by atoms with Gasteiger partial charge >= 0.3 is 0 Å². The highest BCUT2D eigenvalue weighted by Gasteiger charge is 2.38. The summed E-state index contributed by atoms with van der Waals surface area (Å²) in [7, 11) is 0. The van der Waals surface area contributed by atoms with E-state index in [0.29, 0.717) is 11.5 Å². The minimum atomic E-state index is 0.363. The fourth-order valence-corrected chi connectivity index (χ4v) is 4.54. The van der Waals surface area contributed by atoms with Crippen molar-refractivity contribution in [2.24, 2.45) is 11.3 Å². The predicted molar refractivity (Wildman–Crippen MR) is 92.7 cm³/mol. The van der Waals surface area contributed by atoms with Crippen LogP contribution in [-0.2, 0) is 0 Å². The maximum absolute atomic E-state index is 3.83. The Morgan fingerprint density at radius 3 is 2.29 bits per heavy atom. The highest BCUT2D eigenvalue weighted by atomic mass is 15.3. The van der Waals surface area contributed by atoms with Crippen molar-refractivity contribution in [2.75, 3.05) is 13.1 Å². The van der Waals surface area contributed by atoms with E-state index in [1.165, 1.54) is 58.0 Å². The Morgan fingerprint density at radius 2 is 1.76 bits per heavy atom. The molecule has 1 saturated heterocycles. The van der Waals surface area contributed by atoms with Gasteiger partial charge in [-0.05, 0) is 37.0 Å². The second-order valence-corrected chi connectivity index (χ2v) is 8.46. The molecular formula is C19H38N2. The molecule has 1 aliphatic heterocycles. The van der Waals surface area contributed by atoms with Gasteiger partial charge in [0, 0.05) is 31.2 Å². The maximum atomic E-state index is 3.83. The monoisotopic (exact) mass is 294 g/mol. The molecular weight excluding hydrogens is 256 g/mol. The molecule has 0 radical (unpaired) electrons. The van der Waals surface area contributed by atoms with Crippen LogP contribution in [0.2, 0.25) is 0 Å². The lowest BCUT2D eigenvalue weighted by atomic mass is 9.79. The molecule has 21 heavy (non-hydrogen) atoms. The molecule has 1 aliphatic carbocycles. The zero-order valence-corrected chi connectivity index (χ0v) is 15.1. The van der Waals surface area contributed by atoms with E-state index in [4.69, 9.17) is 0 Å². The zero-order valence-electron chi connectivity index (χ0n) is 15.1. The van der Waals surface area contributed by atoms with Crippen molar-refractivity contribution in [3.63, 3.8) is 0 Å². The zero-order chi connectivity index (χ0) is 15.5. The molecule has 0 aromatic rings. The summed E-state index contributed by atoms with van der Waals surface area (Å²) < 4.78 is 0. The van der Waals surface area contributed by atoms with Crippen molar-refractivity contribution in [3.05, 3.63) is 0 Å². The van der Waals surface area contributed by atoms with Gasteiger partial charge in [0.25, 0.3) is 0 Å². The first-order chi connectivity index (χ1) is 9.97. The van der Waals surface area contributed by atoms with Gasteiger partial charge in [-0.15, -0.1) is 0 Å². The number of nitrogens with zero attached hydrogens (tertiary/aromatic N) is 1. The summed E-state index contributed by atoms with van der Waals surface area (Å²) in [6, 6.07) is 2.20. The highest BCUT2D eigenvalue weighted by Crippen LogP contribution is 2.34. The summed E-state index contributed by atoms with van der Waals surface area (Å²) in [5, 5.41) is 3.83. The molecule has 2 aliphatic rings. The molecule has 2 rings (SSSR count). The first-order valence-electron chi connectivity index (χ1n) is 9.46. The van der Waals surface area contributed by atoms with Crippen LogP contribution in [0.15, 0.2) is 0 Å². The fourth-order valence-electron chi connectivity index (χ4n) is 4.54. The van der Waals surface area contributed by atoms with Gasteiger partial charge in [0.2, 0.25) is 0 Å². The van der Waals surface area contributed by atoms with Crippen LogP contribution >= 0.6 is 0 Å². The largest absolute Gasteiger partial charge is 0.311 e. The van der Waals surface area contributed by atoms with Gasteiger partial charge in [-0.3, -0.25) is 4.90 Å². The highest BCUT2D eigenvalue weighted by molar-refractivity contribution is 4.95. The van der Waals surface area contributed by atoms with Gasteiger partial charge in [-0.25, -0.2) is 0 Å². The third kappa shape index (κ3) is 4.22. The molecule has 2 fully saturated rings. The molecule has 0 spiro atoms. The number of piperazine rings is 1. The molecule has 2 nitrogen and oxygen atoms in total. The molecule has 3 atom stereocenters. The minimum absolute atomic E-state index is 0.363. The van der Waals surface area contributed by atoms with Crippen LogP contribution < -0.4 is 5.32 Å². The summed E-state index contributed by atoms with van der Waals surface area (Å²) in [6.45, 7) is 14.4. The maximum Gasteiger partial charge on any atom is 0.0244 e. The quantitative estimate of drug-likeness (QED) is 0.824. The molecule has 1 heterocycles. The average Bonchev–Trinajstić information content (AvgIpc) is 2.48. The van der Waals surface area contributed by atoms with Gasteiger partial charge in [-0.1, -0.05) is 53.9 Å².